The molecule has 0 aliphatic carbocycles. The predicted octanol–water partition coefficient (Wildman–Crippen LogP) is 8.63. The van der Waals surface area contributed by atoms with Gasteiger partial charge in [0.05, 0.1) is 32.5 Å². The Kier molecular flexibility index (Phi) is 15.6. The fourth-order valence-corrected chi connectivity index (χ4v) is 4.61. The van der Waals surface area contributed by atoms with Crippen LogP contribution in [0.4, 0.5) is 0 Å². The first-order valence-electron chi connectivity index (χ1n) is 11.5. The Morgan fingerprint density at radius 2 is 1.16 bits per heavy atom. The molecule has 5 nitrogen and oxygen atoms in total. The van der Waals surface area contributed by atoms with E-state index >= 15 is 0 Å². The monoisotopic (exact) mass is 642 g/mol. The average Bonchev–Trinajstić information content (AvgIpc) is 3.34. The molecule has 2 unspecified atom stereocenters. The third-order valence-corrected chi connectivity index (χ3v) is 7.04. The number of aliphatic hydroxyl groups excluding tert-OH is 2. The molecule has 3 aromatic rings. The summed E-state index contributed by atoms with van der Waals surface area (Å²) in [6.07, 6.45) is 1.91. The van der Waals surface area contributed by atoms with Gasteiger partial charge in [-0.25, -0.2) is 0 Å². The van der Waals surface area contributed by atoms with Gasteiger partial charge in [0.2, 0.25) is 0 Å². The molecule has 0 bridgehead atoms. The SMILES string of the molecule is COC1CCC(COCc2ccc(Cl)cc2Cl)O1.OCc1ccc(Cl)cc1Cl.OCc1ccc(Cl)cc1Cl. The summed E-state index contributed by atoms with van der Waals surface area (Å²) >= 11 is 34.5. The minimum atomic E-state index is -0.0854. The summed E-state index contributed by atoms with van der Waals surface area (Å²) in [6.45, 7) is 0.929. The molecule has 0 aromatic heterocycles. The molecular weight excluding hydrogens is 617 g/mol. The highest BCUT2D eigenvalue weighted by molar-refractivity contribution is 6.36. The Morgan fingerprint density at radius 1 is 0.711 bits per heavy atom. The van der Waals surface area contributed by atoms with Gasteiger partial charge in [-0.2, -0.15) is 0 Å². The van der Waals surface area contributed by atoms with E-state index in [-0.39, 0.29) is 25.6 Å². The van der Waals surface area contributed by atoms with Crippen molar-refractivity contribution in [2.75, 3.05) is 13.7 Å². The van der Waals surface area contributed by atoms with Crippen molar-refractivity contribution in [2.24, 2.45) is 0 Å². The highest BCUT2D eigenvalue weighted by Gasteiger charge is 2.24. The molecule has 1 saturated heterocycles. The molecule has 11 heteroatoms. The maximum atomic E-state index is 8.68. The Labute approximate surface area is 253 Å². The van der Waals surface area contributed by atoms with Crippen molar-refractivity contribution < 1.29 is 24.4 Å². The van der Waals surface area contributed by atoms with Crippen molar-refractivity contribution in [3.8, 4) is 0 Å². The Bertz CT molecular complexity index is 1100. The molecule has 0 amide bonds. The van der Waals surface area contributed by atoms with Crippen LogP contribution >= 0.6 is 69.6 Å². The van der Waals surface area contributed by atoms with Gasteiger partial charge in [0.1, 0.15) is 0 Å². The second-order valence-corrected chi connectivity index (χ2v) is 10.6. The van der Waals surface area contributed by atoms with Gasteiger partial charge in [-0.15, -0.1) is 0 Å². The molecule has 0 spiro atoms. The van der Waals surface area contributed by atoms with Crippen LogP contribution in [0.5, 0.6) is 0 Å². The molecule has 1 heterocycles. The van der Waals surface area contributed by atoms with Crippen molar-refractivity contribution in [1.29, 1.82) is 0 Å². The molecule has 0 saturated carbocycles. The van der Waals surface area contributed by atoms with Crippen LogP contribution < -0.4 is 0 Å². The van der Waals surface area contributed by atoms with E-state index in [0.29, 0.717) is 54.5 Å². The molecule has 0 radical (unpaired) electrons. The molecule has 1 aliphatic rings. The fourth-order valence-electron chi connectivity index (χ4n) is 3.21. The van der Waals surface area contributed by atoms with E-state index in [4.69, 9.17) is 94.0 Å². The van der Waals surface area contributed by atoms with Gasteiger partial charge in [0.25, 0.3) is 0 Å². The standard InChI is InChI=1S/C13H16Cl2O3.2C7H6Cl2O/c1-16-13-5-4-11(18-13)8-17-7-9-2-3-10(14)6-12(9)15;2*8-6-2-1-5(4-10)7(9)3-6/h2-3,6,11,13H,4-5,7-8H2,1H3;2*1-3,10H,4H2. The number of benzene rings is 3. The van der Waals surface area contributed by atoms with Crippen molar-refractivity contribution in [3.05, 3.63) is 101 Å². The molecule has 1 fully saturated rings. The zero-order valence-corrected chi connectivity index (χ0v) is 25.0. The van der Waals surface area contributed by atoms with E-state index in [1.165, 1.54) is 0 Å². The quantitative estimate of drug-likeness (QED) is 0.270. The van der Waals surface area contributed by atoms with Gasteiger partial charge in [0, 0.05) is 43.7 Å². The van der Waals surface area contributed by atoms with Crippen molar-refractivity contribution in [2.45, 2.75) is 45.1 Å². The summed E-state index contributed by atoms with van der Waals surface area (Å²) in [5.74, 6) is 0. The molecule has 1 aliphatic heterocycles. The van der Waals surface area contributed by atoms with E-state index in [1.54, 1.807) is 55.6 Å². The predicted molar refractivity (Wildman–Crippen MR) is 156 cm³/mol. The third kappa shape index (κ3) is 11.7. The summed E-state index contributed by atoms with van der Waals surface area (Å²) in [6, 6.07) is 15.4. The van der Waals surface area contributed by atoms with E-state index in [1.807, 2.05) is 6.07 Å². The molecular formula is C27H28Cl6O5. The number of rotatable bonds is 7. The van der Waals surface area contributed by atoms with Crippen LogP contribution in [-0.2, 0) is 34.0 Å². The van der Waals surface area contributed by atoms with Crippen molar-refractivity contribution >= 4 is 69.6 Å². The first-order chi connectivity index (χ1) is 18.2. The van der Waals surface area contributed by atoms with Gasteiger partial charge in [-0.1, -0.05) is 87.8 Å². The number of hydrogen-bond acceptors (Lipinski definition) is 5. The van der Waals surface area contributed by atoms with Gasteiger partial charge in [0.15, 0.2) is 6.29 Å². The number of aliphatic hydroxyl groups is 2. The van der Waals surface area contributed by atoms with Crippen LogP contribution in [0.3, 0.4) is 0 Å². The Hall–Kier alpha value is -0.800. The number of ether oxygens (including phenoxy) is 3. The lowest BCUT2D eigenvalue weighted by atomic mass is 10.2. The molecule has 2 atom stereocenters. The fraction of sp³-hybridized carbons (Fsp3) is 0.333. The zero-order chi connectivity index (χ0) is 28.1. The first kappa shape index (κ1) is 33.4. The van der Waals surface area contributed by atoms with Crippen LogP contribution in [0.2, 0.25) is 30.1 Å². The lowest BCUT2D eigenvalue weighted by Gasteiger charge is -2.13. The largest absolute Gasteiger partial charge is 0.392 e. The second kappa shape index (κ2) is 17.8. The molecule has 38 heavy (non-hydrogen) atoms. The minimum absolute atomic E-state index is 0.0456. The first-order valence-corrected chi connectivity index (χ1v) is 13.7. The number of hydrogen-bond donors (Lipinski definition) is 2. The zero-order valence-electron chi connectivity index (χ0n) is 20.5. The highest BCUT2D eigenvalue weighted by Crippen LogP contribution is 2.24. The lowest BCUT2D eigenvalue weighted by Crippen LogP contribution is -2.17. The maximum absolute atomic E-state index is 8.68. The average molecular weight is 645 g/mol. The minimum Gasteiger partial charge on any atom is -0.392 e. The molecule has 3 aromatic carbocycles. The van der Waals surface area contributed by atoms with Crippen molar-refractivity contribution in [3.63, 3.8) is 0 Å². The summed E-state index contributed by atoms with van der Waals surface area (Å²) in [5, 5.41) is 20.8. The van der Waals surface area contributed by atoms with Crippen LogP contribution in [0.1, 0.15) is 29.5 Å². The number of methoxy groups -OCH3 is 1. The van der Waals surface area contributed by atoms with Gasteiger partial charge in [-0.05, 0) is 59.5 Å². The topological polar surface area (TPSA) is 68.2 Å². The Balaban J connectivity index is 0.000000216. The highest BCUT2D eigenvalue weighted by atomic mass is 35.5. The second-order valence-electron chi connectivity index (χ2n) is 8.04. The van der Waals surface area contributed by atoms with Gasteiger partial charge in [-0.3, -0.25) is 0 Å². The van der Waals surface area contributed by atoms with Crippen LogP contribution in [0.25, 0.3) is 0 Å². The van der Waals surface area contributed by atoms with E-state index in [2.05, 4.69) is 0 Å². The third-order valence-electron chi connectivity index (χ3n) is 5.28. The summed E-state index contributed by atoms with van der Waals surface area (Å²) in [7, 11) is 1.65. The summed E-state index contributed by atoms with van der Waals surface area (Å²) in [4.78, 5) is 0. The van der Waals surface area contributed by atoms with Crippen LogP contribution in [0.15, 0.2) is 54.6 Å². The maximum Gasteiger partial charge on any atom is 0.157 e. The summed E-state index contributed by atoms with van der Waals surface area (Å²) in [5.41, 5.74) is 2.33. The molecule has 2 N–H and O–H groups in total. The smallest absolute Gasteiger partial charge is 0.157 e. The van der Waals surface area contributed by atoms with E-state index in [0.717, 1.165) is 18.4 Å². The number of halogens is 6. The van der Waals surface area contributed by atoms with E-state index < -0.39 is 0 Å². The normalized spacial score (nSPS) is 16.3. The van der Waals surface area contributed by atoms with Crippen LogP contribution in [0, 0.1) is 0 Å². The van der Waals surface area contributed by atoms with Gasteiger partial charge < -0.3 is 24.4 Å². The van der Waals surface area contributed by atoms with Gasteiger partial charge >= 0.3 is 0 Å². The van der Waals surface area contributed by atoms with Crippen LogP contribution in [-0.4, -0.2) is 36.3 Å². The molecule has 208 valence electrons. The summed E-state index contributed by atoms with van der Waals surface area (Å²) < 4.78 is 16.3. The van der Waals surface area contributed by atoms with Crippen molar-refractivity contribution in [1.82, 2.24) is 0 Å². The Morgan fingerprint density at radius 3 is 1.53 bits per heavy atom. The lowest BCUT2D eigenvalue weighted by molar-refractivity contribution is -0.129. The van der Waals surface area contributed by atoms with E-state index in [9.17, 15) is 0 Å². The molecule has 4 rings (SSSR count).